The largest absolute Gasteiger partial charge is 0.454 e. The van der Waals surface area contributed by atoms with Crippen molar-refractivity contribution in [1.82, 2.24) is 29.7 Å². The van der Waals surface area contributed by atoms with Gasteiger partial charge in [0.05, 0.1) is 11.9 Å². The zero-order valence-electron chi connectivity index (χ0n) is 24.7. The van der Waals surface area contributed by atoms with Crippen molar-refractivity contribution in [2.75, 3.05) is 19.9 Å². The maximum absolute atomic E-state index is 13.7. The number of piperidine rings is 1. The third-order valence-electron chi connectivity index (χ3n) is 7.23. The minimum atomic E-state index is -5.05. The molecule has 240 valence electrons. The molecule has 17 heteroatoms. The van der Waals surface area contributed by atoms with E-state index < -0.39 is 29.8 Å². The Morgan fingerprint density at radius 1 is 1.24 bits per heavy atom. The van der Waals surface area contributed by atoms with E-state index in [0.717, 1.165) is 4.90 Å². The van der Waals surface area contributed by atoms with Crippen LogP contribution in [-0.4, -0.2) is 74.1 Å². The van der Waals surface area contributed by atoms with Crippen LogP contribution in [0.25, 0.3) is 11.2 Å². The number of alkyl halides is 3. The molecule has 0 saturated carbocycles. The van der Waals surface area contributed by atoms with Crippen LogP contribution in [0.3, 0.4) is 0 Å². The Balaban J connectivity index is 1.22. The fraction of sp³-hybridized carbons (Fsp3) is 0.500. The number of hydrogen-bond donors (Lipinski definition) is 3. The number of aromatic amines is 1. The van der Waals surface area contributed by atoms with Gasteiger partial charge in [0.2, 0.25) is 6.79 Å². The molecule has 5 rings (SSSR count). The Kier molecular flexibility index (Phi) is 8.88. The Morgan fingerprint density at radius 2 is 1.93 bits per heavy atom. The van der Waals surface area contributed by atoms with Crippen molar-refractivity contribution in [1.29, 1.82) is 10.7 Å². The molecule has 2 amide bonds. The number of benzene rings is 1. The minimum Gasteiger partial charge on any atom is -0.454 e. The first kappa shape index (κ1) is 31.9. The zero-order valence-corrected chi connectivity index (χ0v) is 25.5. The summed E-state index contributed by atoms with van der Waals surface area (Å²) in [5.41, 5.74) is 0.444. The molecule has 3 N–H and O–H groups in total. The number of carbonyl (C=O) groups is 2. The van der Waals surface area contributed by atoms with Crippen LogP contribution in [0, 0.1) is 22.7 Å². The number of nitriles is 1. The average Bonchev–Trinajstić information content (AvgIpc) is 3.61. The molecule has 0 radical (unpaired) electrons. The number of aryl methyl sites for hydroxylation is 1. The number of ether oxygens (including phenoxy) is 3. The number of H-pyrrole nitrogens is 1. The lowest BCUT2D eigenvalue weighted by Gasteiger charge is -2.34. The number of nitrogens with one attached hydrogen (secondary N) is 3. The van der Waals surface area contributed by atoms with Gasteiger partial charge in [-0.05, 0) is 52.0 Å². The lowest BCUT2D eigenvalue weighted by atomic mass is 9.93. The van der Waals surface area contributed by atoms with Crippen LogP contribution in [0.5, 0.6) is 11.5 Å². The number of alkyl carbamates (subject to hydrolysis) is 1. The summed E-state index contributed by atoms with van der Waals surface area (Å²) in [7, 11) is 0. The second-order valence-corrected chi connectivity index (χ2v) is 12.7. The number of nitrogens with zero attached hydrogens (tertiary/aromatic N) is 5. The molecule has 1 atom stereocenters. The van der Waals surface area contributed by atoms with E-state index in [1.165, 1.54) is 18.1 Å². The number of likely N-dealkylation sites (tertiary alicyclic amines) is 1. The molecule has 2 aliphatic heterocycles. The van der Waals surface area contributed by atoms with Gasteiger partial charge in [-0.1, -0.05) is 11.8 Å². The summed E-state index contributed by atoms with van der Waals surface area (Å²) in [5, 5.41) is 20.6. The van der Waals surface area contributed by atoms with Crippen LogP contribution >= 0.6 is 11.8 Å². The topological polar surface area (TPSA) is 171 Å². The summed E-state index contributed by atoms with van der Waals surface area (Å²) in [5.74, 6) is -0.185. The molecule has 2 aliphatic rings. The summed E-state index contributed by atoms with van der Waals surface area (Å²) in [6.07, 6.45) is -6.20. The van der Waals surface area contributed by atoms with Gasteiger partial charge in [0.1, 0.15) is 11.6 Å². The van der Waals surface area contributed by atoms with Gasteiger partial charge in [0.25, 0.3) is 12.0 Å². The first-order chi connectivity index (χ1) is 21.2. The number of rotatable bonds is 7. The highest BCUT2D eigenvalue weighted by molar-refractivity contribution is 7.99. The van der Waals surface area contributed by atoms with E-state index in [1.54, 1.807) is 37.5 Å². The van der Waals surface area contributed by atoms with Gasteiger partial charge >= 0.3 is 12.3 Å². The highest BCUT2D eigenvalue weighted by atomic mass is 32.2. The first-order valence-electron chi connectivity index (χ1n) is 14.1. The van der Waals surface area contributed by atoms with E-state index >= 15 is 0 Å². The third-order valence-corrected chi connectivity index (χ3v) is 8.17. The molecule has 13 nitrogen and oxygen atoms in total. The Labute approximate surface area is 259 Å². The molecule has 0 spiro atoms. The van der Waals surface area contributed by atoms with Crippen molar-refractivity contribution >= 4 is 34.9 Å². The first-order valence-corrected chi connectivity index (χ1v) is 14.9. The van der Waals surface area contributed by atoms with Crippen molar-refractivity contribution in [3.05, 3.63) is 29.5 Å². The molecule has 0 bridgehead atoms. The lowest BCUT2D eigenvalue weighted by molar-refractivity contribution is -0.211. The SMILES string of the molecule is CC(C)(C)NC(=O)OC(C(=O)N1CCC(CCn2cnc(=N)c3[nH]c(Sc4cc5c(cc4C#N)OCO5)nc32)CC1)C(F)(F)F. The van der Waals surface area contributed by atoms with Crippen molar-refractivity contribution in [3.8, 4) is 17.6 Å². The van der Waals surface area contributed by atoms with E-state index in [4.69, 9.17) is 14.9 Å². The molecule has 0 aliphatic carbocycles. The molecule has 4 heterocycles. The number of imidazole rings is 1. The van der Waals surface area contributed by atoms with E-state index in [-0.39, 0.29) is 31.3 Å². The zero-order chi connectivity index (χ0) is 32.5. The quantitative estimate of drug-likeness (QED) is 0.342. The van der Waals surface area contributed by atoms with Crippen LogP contribution in [0.2, 0.25) is 0 Å². The van der Waals surface area contributed by atoms with Gasteiger partial charge in [0, 0.05) is 36.1 Å². The Hall–Kier alpha value is -4.46. The second kappa shape index (κ2) is 12.5. The van der Waals surface area contributed by atoms with Crippen molar-refractivity contribution in [2.24, 2.45) is 5.92 Å². The van der Waals surface area contributed by atoms with Crippen LogP contribution in [0.4, 0.5) is 18.0 Å². The van der Waals surface area contributed by atoms with Crippen LogP contribution in [0.1, 0.15) is 45.6 Å². The molecule has 45 heavy (non-hydrogen) atoms. The fourth-order valence-electron chi connectivity index (χ4n) is 5.00. The number of hydrogen-bond acceptors (Lipinski definition) is 10. The average molecular weight is 649 g/mol. The van der Waals surface area contributed by atoms with Gasteiger partial charge < -0.3 is 34.0 Å². The highest BCUT2D eigenvalue weighted by Crippen LogP contribution is 2.40. The molecule has 1 aromatic carbocycles. The molecule has 1 fully saturated rings. The number of amides is 2. The summed E-state index contributed by atoms with van der Waals surface area (Å²) < 4.78 is 58.1. The molecular formula is C28H31F3N8O5S. The third kappa shape index (κ3) is 7.44. The summed E-state index contributed by atoms with van der Waals surface area (Å²) in [6.45, 7) is 5.46. The van der Waals surface area contributed by atoms with Crippen LogP contribution in [-0.2, 0) is 16.1 Å². The van der Waals surface area contributed by atoms with Gasteiger partial charge in [-0.3, -0.25) is 10.2 Å². The summed E-state index contributed by atoms with van der Waals surface area (Å²) >= 11 is 1.21. The van der Waals surface area contributed by atoms with Gasteiger partial charge in [-0.25, -0.2) is 14.8 Å². The van der Waals surface area contributed by atoms with E-state index in [1.807, 2.05) is 0 Å². The molecule has 1 unspecified atom stereocenters. The molecular weight excluding hydrogens is 617 g/mol. The van der Waals surface area contributed by atoms with E-state index in [2.05, 4.69) is 31.1 Å². The minimum absolute atomic E-state index is 0.00349. The Bertz CT molecular complexity index is 1700. The lowest BCUT2D eigenvalue weighted by Crippen LogP contribution is -2.53. The molecule has 3 aromatic rings. The fourth-order valence-corrected chi connectivity index (χ4v) is 5.88. The standard InChI is InChI=1S/C28H31F3N8O5S/c1-27(2,3)37-26(41)44-21(28(29,30)31)24(40)38-7-4-15(5-8-38)6-9-39-13-34-22(33)20-23(39)36-25(35-20)45-19-11-18-17(42-14-43-18)10-16(19)12-32/h10-11,13,15,21,33H,4-9,14H2,1-3H3,(H,35,36)(H,37,41). The summed E-state index contributed by atoms with van der Waals surface area (Å²) in [4.78, 5) is 38.3. The number of aromatic nitrogens is 4. The van der Waals surface area contributed by atoms with Crippen LogP contribution < -0.4 is 20.3 Å². The van der Waals surface area contributed by atoms with Crippen molar-refractivity contribution in [2.45, 2.75) is 74.4 Å². The van der Waals surface area contributed by atoms with Crippen LogP contribution in [0.15, 0.2) is 28.5 Å². The normalized spacial score (nSPS) is 16.0. The maximum Gasteiger partial charge on any atom is 0.434 e. The summed E-state index contributed by atoms with van der Waals surface area (Å²) in [6, 6.07) is 5.44. The van der Waals surface area contributed by atoms with E-state index in [0.29, 0.717) is 64.1 Å². The van der Waals surface area contributed by atoms with Gasteiger partial charge in [-0.15, -0.1) is 0 Å². The maximum atomic E-state index is 13.7. The molecule has 2 aromatic heterocycles. The molecule has 1 saturated heterocycles. The van der Waals surface area contributed by atoms with Crippen molar-refractivity contribution in [3.63, 3.8) is 0 Å². The Morgan fingerprint density at radius 3 is 2.58 bits per heavy atom. The smallest absolute Gasteiger partial charge is 0.434 e. The number of halogens is 3. The predicted molar refractivity (Wildman–Crippen MR) is 152 cm³/mol. The highest BCUT2D eigenvalue weighted by Gasteiger charge is 2.50. The van der Waals surface area contributed by atoms with Crippen molar-refractivity contribution < 1.29 is 37.0 Å². The second-order valence-electron chi connectivity index (χ2n) is 11.7. The number of fused-ring (bicyclic) bond motifs is 2. The van der Waals surface area contributed by atoms with E-state index in [9.17, 15) is 28.0 Å². The number of carbonyl (C=O) groups excluding carboxylic acids is 2. The van der Waals surface area contributed by atoms with Gasteiger partial charge in [0.15, 0.2) is 27.8 Å². The monoisotopic (exact) mass is 648 g/mol. The van der Waals surface area contributed by atoms with Gasteiger partial charge in [-0.2, -0.15) is 18.4 Å². The predicted octanol–water partition coefficient (Wildman–Crippen LogP) is 4.07.